The van der Waals surface area contributed by atoms with Crippen LogP contribution in [0.15, 0.2) is 18.2 Å². The minimum Gasteiger partial charge on any atom is -0.293 e. The second-order valence-electron chi connectivity index (χ2n) is 3.21. The van der Waals surface area contributed by atoms with E-state index >= 15 is 0 Å². The molecule has 0 saturated carbocycles. The molecular weight excluding hydrogens is 253 g/mol. The molecule has 0 spiro atoms. The zero-order valence-electron chi connectivity index (χ0n) is 8.69. The van der Waals surface area contributed by atoms with E-state index in [1.165, 1.54) is 6.07 Å². The number of nitrogens with zero attached hydrogens (tertiary/aromatic N) is 2. The Hall–Kier alpha value is -2.43. The number of nitro groups is 1. The maximum Gasteiger partial charge on any atom is 0.417 e. The molecule has 18 heavy (non-hydrogen) atoms. The first-order valence-electron chi connectivity index (χ1n) is 4.53. The van der Waals surface area contributed by atoms with Crippen molar-refractivity contribution in [3.8, 4) is 6.07 Å². The van der Waals surface area contributed by atoms with Gasteiger partial charge in [-0.25, -0.2) is 0 Å². The first-order valence-corrected chi connectivity index (χ1v) is 4.53. The average Bonchev–Trinajstić information content (AvgIpc) is 2.27. The lowest BCUT2D eigenvalue weighted by molar-refractivity contribution is -0.385. The lowest BCUT2D eigenvalue weighted by Gasteiger charge is -2.10. The summed E-state index contributed by atoms with van der Waals surface area (Å²) in [6, 6.07) is 3.57. The minimum absolute atomic E-state index is 0.567. The average molecular weight is 258 g/mol. The molecule has 0 amide bonds. The predicted molar refractivity (Wildman–Crippen MR) is 52.7 cm³/mol. The Kier molecular flexibility index (Phi) is 3.66. The maximum atomic E-state index is 12.6. The summed E-state index contributed by atoms with van der Waals surface area (Å²) in [6.07, 6.45) is -5.75. The van der Waals surface area contributed by atoms with Gasteiger partial charge in [0.15, 0.2) is 5.78 Å². The highest BCUT2D eigenvalue weighted by molar-refractivity contribution is 6.02. The van der Waals surface area contributed by atoms with Gasteiger partial charge >= 0.3 is 6.18 Å². The van der Waals surface area contributed by atoms with E-state index in [1.54, 1.807) is 0 Å². The van der Waals surface area contributed by atoms with Crippen LogP contribution < -0.4 is 0 Å². The summed E-state index contributed by atoms with van der Waals surface area (Å²) in [5, 5.41) is 18.9. The molecule has 94 valence electrons. The van der Waals surface area contributed by atoms with Crippen molar-refractivity contribution in [1.82, 2.24) is 0 Å². The van der Waals surface area contributed by atoms with Crippen molar-refractivity contribution in [1.29, 1.82) is 5.26 Å². The SMILES string of the molecule is N#CCC(=O)c1c([N+](=O)[O-])cccc1C(F)(F)F. The quantitative estimate of drug-likeness (QED) is 0.474. The number of halogens is 3. The zero-order valence-corrected chi connectivity index (χ0v) is 8.69. The van der Waals surface area contributed by atoms with Gasteiger partial charge in [0, 0.05) is 6.07 Å². The molecule has 0 saturated heterocycles. The smallest absolute Gasteiger partial charge is 0.293 e. The predicted octanol–water partition coefficient (Wildman–Crippen LogP) is 2.71. The standard InChI is InChI=1S/C10H5F3N2O3/c11-10(12,13)6-2-1-3-7(15(17)18)9(6)8(16)4-5-14/h1-3H,4H2. The van der Waals surface area contributed by atoms with Crippen LogP contribution in [-0.4, -0.2) is 10.7 Å². The van der Waals surface area contributed by atoms with E-state index in [2.05, 4.69) is 0 Å². The molecule has 0 bridgehead atoms. The number of nitriles is 1. The minimum atomic E-state index is -4.90. The van der Waals surface area contributed by atoms with Crippen molar-refractivity contribution in [2.45, 2.75) is 12.6 Å². The number of Topliss-reactive ketones (excluding diaryl/α,β-unsaturated/α-hetero) is 1. The van der Waals surface area contributed by atoms with Crippen LogP contribution in [-0.2, 0) is 6.18 Å². The Morgan fingerprint density at radius 1 is 1.44 bits per heavy atom. The van der Waals surface area contributed by atoms with Crippen LogP contribution in [0.3, 0.4) is 0 Å². The molecule has 8 heteroatoms. The van der Waals surface area contributed by atoms with Crippen LogP contribution in [0.1, 0.15) is 22.3 Å². The molecule has 0 aliphatic rings. The molecule has 0 N–H and O–H groups in total. The van der Waals surface area contributed by atoms with Crippen LogP contribution in [0.25, 0.3) is 0 Å². The van der Waals surface area contributed by atoms with E-state index in [1.807, 2.05) is 0 Å². The summed E-state index contributed by atoms with van der Waals surface area (Å²) in [6.45, 7) is 0. The number of ketones is 1. The number of benzene rings is 1. The lowest BCUT2D eigenvalue weighted by Crippen LogP contribution is -2.15. The number of rotatable bonds is 3. The number of hydrogen-bond acceptors (Lipinski definition) is 4. The van der Waals surface area contributed by atoms with Crippen LogP contribution >= 0.6 is 0 Å². The third kappa shape index (κ3) is 2.63. The van der Waals surface area contributed by atoms with E-state index in [4.69, 9.17) is 5.26 Å². The third-order valence-corrected chi connectivity index (χ3v) is 2.06. The third-order valence-electron chi connectivity index (χ3n) is 2.06. The Bertz CT molecular complexity index is 546. The van der Waals surface area contributed by atoms with Crippen molar-refractivity contribution in [3.05, 3.63) is 39.4 Å². The largest absolute Gasteiger partial charge is 0.417 e. The Labute approximate surface area is 98.6 Å². The fraction of sp³-hybridized carbons (Fsp3) is 0.200. The Morgan fingerprint density at radius 2 is 2.06 bits per heavy atom. The number of carbonyl (C=O) groups is 1. The molecule has 1 rings (SSSR count). The number of nitro benzene ring substituents is 1. The molecular formula is C10H5F3N2O3. The van der Waals surface area contributed by atoms with Gasteiger partial charge in [0.1, 0.15) is 5.56 Å². The van der Waals surface area contributed by atoms with Crippen molar-refractivity contribution < 1.29 is 22.9 Å². The molecule has 0 atom stereocenters. The molecule has 1 aromatic carbocycles. The van der Waals surface area contributed by atoms with Gasteiger partial charge in [-0.2, -0.15) is 18.4 Å². The summed E-state index contributed by atoms with van der Waals surface area (Å²) < 4.78 is 37.9. The van der Waals surface area contributed by atoms with Crippen molar-refractivity contribution >= 4 is 11.5 Å². The molecule has 0 aromatic heterocycles. The normalized spacial score (nSPS) is 10.8. The second-order valence-corrected chi connectivity index (χ2v) is 3.21. The van der Waals surface area contributed by atoms with E-state index < -0.39 is 40.1 Å². The molecule has 0 aliphatic carbocycles. The highest BCUT2D eigenvalue weighted by Gasteiger charge is 2.38. The number of hydrogen-bond donors (Lipinski definition) is 0. The molecule has 1 aromatic rings. The summed E-state index contributed by atoms with van der Waals surface area (Å²) >= 11 is 0. The van der Waals surface area contributed by atoms with Gasteiger partial charge in [-0.3, -0.25) is 14.9 Å². The summed E-state index contributed by atoms with van der Waals surface area (Å²) in [4.78, 5) is 20.9. The van der Waals surface area contributed by atoms with Gasteiger partial charge < -0.3 is 0 Å². The summed E-state index contributed by atoms with van der Waals surface area (Å²) in [5.74, 6) is -1.22. The second kappa shape index (κ2) is 4.83. The number of carbonyl (C=O) groups excluding carboxylic acids is 1. The Morgan fingerprint density at radius 3 is 2.50 bits per heavy atom. The van der Waals surface area contributed by atoms with Crippen LogP contribution in [0, 0.1) is 21.4 Å². The number of alkyl halides is 3. The van der Waals surface area contributed by atoms with Crippen molar-refractivity contribution in [2.24, 2.45) is 0 Å². The highest BCUT2D eigenvalue weighted by atomic mass is 19.4. The van der Waals surface area contributed by atoms with Gasteiger partial charge in [0.25, 0.3) is 5.69 Å². The van der Waals surface area contributed by atoms with Crippen LogP contribution in [0.4, 0.5) is 18.9 Å². The summed E-state index contributed by atoms with van der Waals surface area (Å²) in [5.41, 5.74) is -3.43. The fourth-order valence-corrected chi connectivity index (χ4v) is 1.38. The topological polar surface area (TPSA) is 84.0 Å². The Balaban J connectivity index is 3.55. The van der Waals surface area contributed by atoms with E-state index in [0.29, 0.717) is 6.07 Å². The lowest BCUT2D eigenvalue weighted by atomic mass is 9.99. The molecule has 5 nitrogen and oxygen atoms in total. The highest BCUT2D eigenvalue weighted by Crippen LogP contribution is 2.36. The van der Waals surface area contributed by atoms with Gasteiger partial charge in [0.05, 0.1) is 23.0 Å². The first kappa shape index (κ1) is 13.6. The van der Waals surface area contributed by atoms with E-state index in [-0.39, 0.29) is 0 Å². The maximum absolute atomic E-state index is 12.6. The summed E-state index contributed by atoms with van der Waals surface area (Å²) in [7, 11) is 0. The van der Waals surface area contributed by atoms with Crippen molar-refractivity contribution in [2.75, 3.05) is 0 Å². The van der Waals surface area contributed by atoms with Gasteiger partial charge in [-0.15, -0.1) is 0 Å². The van der Waals surface area contributed by atoms with Crippen LogP contribution in [0.5, 0.6) is 0 Å². The fourth-order valence-electron chi connectivity index (χ4n) is 1.38. The zero-order chi connectivity index (χ0) is 13.9. The van der Waals surface area contributed by atoms with Gasteiger partial charge in [-0.05, 0) is 6.07 Å². The molecule has 0 aliphatic heterocycles. The first-order chi connectivity index (χ1) is 8.29. The molecule has 0 radical (unpaired) electrons. The van der Waals surface area contributed by atoms with E-state index in [0.717, 1.165) is 12.1 Å². The monoisotopic (exact) mass is 258 g/mol. The van der Waals surface area contributed by atoms with Gasteiger partial charge in [0.2, 0.25) is 0 Å². The van der Waals surface area contributed by atoms with Crippen molar-refractivity contribution in [3.63, 3.8) is 0 Å². The van der Waals surface area contributed by atoms with Crippen LogP contribution in [0.2, 0.25) is 0 Å². The van der Waals surface area contributed by atoms with Gasteiger partial charge in [-0.1, -0.05) is 6.07 Å². The molecule has 0 unspecified atom stereocenters. The van der Waals surface area contributed by atoms with E-state index in [9.17, 15) is 28.1 Å². The molecule has 0 fully saturated rings. The molecule has 0 heterocycles.